The van der Waals surface area contributed by atoms with Crippen molar-refractivity contribution in [3.8, 4) is 6.07 Å². The lowest BCUT2D eigenvalue weighted by atomic mass is 9.69. The summed E-state index contributed by atoms with van der Waals surface area (Å²) in [5, 5.41) is 25.2. The molecule has 36 heavy (non-hydrogen) atoms. The molecule has 2 aliphatic rings. The van der Waals surface area contributed by atoms with Crippen LogP contribution in [0.2, 0.25) is 5.02 Å². The number of anilines is 1. The minimum atomic E-state index is -0.489. The standard InChI is InChI=1S/C25H24ClN7OS2/c1-25(2)9-18-22(19(34)10-25)21(17(11-27)23(28)33(18)16-6-4-15(26)5-7-16)20-8-14(12-35-20)13-36-24-29-30-31-32(24)3/h4-8,12,21H,9-10,13,28H2,1-3H3. The van der Waals surface area contributed by atoms with E-state index < -0.39 is 5.92 Å². The first kappa shape index (κ1) is 24.6. The summed E-state index contributed by atoms with van der Waals surface area (Å²) in [6.07, 6.45) is 1.09. The molecule has 3 heterocycles. The predicted molar refractivity (Wildman–Crippen MR) is 141 cm³/mol. The second kappa shape index (κ2) is 9.39. The summed E-state index contributed by atoms with van der Waals surface area (Å²) < 4.78 is 1.63. The third kappa shape index (κ3) is 4.43. The number of hydrogen-bond donors (Lipinski definition) is 1. The smallest absolute Gasteiger partial charge is 0.209 e. The number of Topliss-reactive ketones (excluding diaryl/α,β-unsaturated/α-hetero) is 1. The van der Waals surface area contributed by atoms with E-state index in [2.05, 4.69) is 46.9 Å². The first-order valence-corrected chi connectivity index (χ1v) is 13.6. The number of aryl methyl sites for hydroxylation is 1. The van der Waals surface area contributed by atoms with Crippen molar-refractivity contribution in [3.05, 3.63) is 73.8 Å². The Kier molecular flexibility index (Phi) is 6.41. The average Bonchev–Trinajstić information content (AvgIpc) is 3.46. The van der Waals surface area contributed by atoms with Crippen molar-refractivity contribution in [2.75, 3.05) is 4.90 Å². The van der Waals surface area contributed by atoms with Gasteiger partial charge < -0.3 is 5.73 Å². The molecule has 1 unspecified atom stereocenters. The van der Waals surface area contributed by atoms with Crippen LogP contribution in [0.4, 0.5) is 5.69 Å². The number of benzene rings is 1. The average molecular weight is 538 g/mol. The van der Waals surface area contributed by atoms with Gasteiger partial charge in [-0.3, -0.25) is 9.69 Å². The number of tetrazole rings is 1. The molecule has 0 amide bonds. The van der Waals surface area contributed by atoms with Gasteiger partial charge in [-0.05, 0) is 63.5 Å². The SMILES string of the molecule is Cn1nnnc1SCc1csc(C2C(C#N)=C(N)N(c3ccc(Cl)cc3)C3=C2C(=O)CC(C)(C)C3)c1. The number of rotatable bonds is 5. The van der Waals surface area contributed by atoms with Gasteiger partial charge in [0.1, 0.15) is 5.82 Å². The number of thioether (sulfide) groups is 1. The van der Waals surface area contributed by atoms with E-state index in [1.807, 2.05) is 17.0 Å². The Morgan fingerprint density at radius 1 is 1.31 bits per heavy atom. The van der Waals surface area contributed by atoms with E-state index >= 15 is 0 Å². The van der Waals surface area contributed by atoms with Gasteiger partial charge in [0.25, 0.3) is 0 Å². The summed E-state index contributed by atoms with van der Waals surface area (Å²) >= 11 is 9.20. The molecule has 5 rings (SSSR count). The van der Waals surface area contributed by atoms with Gasteiger partial charge in [-0.25, -0.2) is 4.68 Å². The monoisotopic (exact) mass is 537 g/mol. The molecule has 1 aliphatic heterocycles. The van der Waals surface area contributed by atoms with Gasteiger partial charge in [-0.2, -0.15) is 5.26 Å². The van der Waals surface area contributed by atoms with Crippen LogP contribution in [-0.2, 0) is 17.6 Å². The summed E-state index contributed by atoms with van der Waals surface area (Å²) in [7, 11) is 1.80. The Morgan fingerprint density at radius 3 is 2.72 bits per heavy atom. The summed E-state index contributed by atoms with van der Waals surface area (Å²) in [6, 6.07) is 11.7. The lowest BCUT2D eigenvalue weighted by molar-refractivity contribution is -0.118. The Balaban J connectivity index is 1.58. The van der Waals surface area contributed by atoms with Crippen LogP contribution in [0.5, 0.6) is 0 Å². The molecule has 8 nitrogen and oxygen atoms in total. The molecule has 11 heteroatoms. The summed E-state index contributed by atoms with van der Waals surface area (Å²) in [5.41, 5.74) is 10.2. The predicted octanol–water partition coefficient (Wildman–Crippen LogP) is 5.16. The number of nitriles is 1. The van der Waals surface area contributed by atoms with Crippen LogP contribution >= 0.6 is 34.7 Å². The molecule has 0 saturated heterocycles. The zero-order chi connectivity index (χ0) is 25.6. The number of carbonyl (C=O) groups excluding carboxylic acids is 1. The lowest BCUT2D eigenvalue weighted by Crippen LogP contribution is -2.42. The van der Waals surface area contributed by atoms with Crippen LogP contribution in [0.3, 0.4) is 0 Å². The third-order valence-electron chi connectivity index (χ3n) is 6.37. The fraction of sp³-hybridized carbons (Fsp3) is 0.320. The molecule has 0 radical (unpaired) electrons. The highest BCUT2D eigenvalue weighted by atomic mass is 35.5. The van der Waals surface area contributed by atoms with E-state index in [9.17, 15) is 10.1 Å². The number of ketones is 1. The number of carbonyl (C=O) groups is 1. The van der Waals surface area contributed by atoms with Crippen molar-refractivity contribution in [1.82, 2.24) is 20.2 Å². The molecule has 2 N–H and O–H groups in total. The second-order valence-corrected chi connectivity index (χ2v) is 12.0. The van der Waals surface area contributed by atoms with Crippen molar-refractivity contribution >= 4 is 46.2 Å². The zero-order valence-electron chi connectivity index (χ0n) is 20.0. The largest absolute Gasteiger partial charge is 0.384 e. The van der Waals surface area contributed by atoms with Crippen molar-refractivity contribution in [2.24, 2.45) is 18.2 Å². The van der Waals surface area contributed by atoms with E-state index in [1.165, 1.54) is 11.8 Å². The van der Waals surface area contributed by atoms with Crippen molar-refractivity contribution in [1.29, 1.82) is 5.26 Å². The molecule has 1 aliphatic carbocycles. The molecule has 3 aromatic rings. The van der Waals surface area contributed by atoms with Crippen LogP contribution in [0.25, 0.3) is 0 Å². The van der Waals surface area contributed by atoms with Crippen LogP contribution < -0.4 is 10.6 Å². The molecule has 184 valence electrons. The number of allylic oxidation sites excluding steroid dienone is 3. The summed E-state index contributed by atoms with van der Waals surface area (Å²) in [6.45, 7) is 4.18. The van der Waals surface area contributed by atoms with E-state index in [1.54, 1.807) is 35.2 Å². The lowest BCUT2D eigenvalue weighted by Gasteiger charge is -2.43. The normalized spacial score (nSPS) is 19.5. The first-order chi connectivity index (χ1) is 17.2. The Bertz CT molecular complexity index is 1450. The van der Waals surface area contributed by atoms with Crippen molar-refractivity contribution < 1.29 is 4.79 Å². The van der Waals surface area contributed by atoms with Gasteiger partial charge in [0.2, 0.25) is 5.16 Å². The van der Waals surface area contributed by atoms with Crippen molar-refractivity contribution in [2.45, 2.75) is 43.5 Å². The molecule has 0 saturated carbocycles. The van der Waals surface area contributed by atoms with E-state index in [0.29, 0.717) is 40.6 Å². The topological polar surface area (TPSA) is 114 Å². The maximum atomic E-state index is 13.6. The Morgan fingerprint density at radius 2 is 2.06 bits per heavy atom. The molecule has 1 atom stereocenters. The highest BCUT2D eigenvalue weighted by molar-refractivity contribution is 7.98. The Labute approximate surface area is 222 Å². The van der Waals surface area contributed by atoms with E-state index in [0.717, 1.165) is 27.0 Å². The van der Waals surface area contributed by atoms with Gasteiger partial charge in [0.05, 0.1) is 17.6 Å². The minimum absolute atomic E-state index is 0.0555. The number of nitrogens with two attached hydrogens (primary N) is 1. The fourth-order valence-corrected chi connectivity index (χ4v) is 6.83. The fourth-order valence-electron chi connectivity index (χ4n) is 4.79. The number of aromatic nitrogens is 4. The van der Waals surface area contributed by atoms with Crippen LogP contribution in [0.15, 0.2) is 63.5 Å². The van der Waals surface area contributed by atoms with Gasteiger partial charge >= 0.3 is 0 Å². The highest BCUT2D eigenvalue weighted by Crippen LogP contribution is 2.51. The maximum Gasteiger partial charge on any atom is 0.209 e. The Hall–Kier alpha value is -3.13. The van der Waals surface area contributed by atoms with Gasteiger partial charge in [0.15, 0.2) is 5.78 Å². The van der Waals surface area contributed by atoms with Gasteiger partial charge in [-0.15, -0.1) is 16.4 Å². The maximum absolute atomic E-state index is 13.6. The summed E-state index contributed by atoms with van der Waals surface area (Å²) in [5.74, 6) is 0.586. The highest BCUT2D eigenvalue weighted by Gasteiger charge is 2.45. The van der Waals surface area contributed by atoms with Gasteiger partial charge in [-0.1, -0.05) is 37.2 Å². The number of halogens is 1. The molecular formula is C25H24ClN7OS2. The molecule has 2 aromatic heterocycles. The molecule has 0 bridgehead atoms. The first-order valence-electron chi connectivity index (χ1n) is 11.3. The van der Waals surface area contributed by atoms with E-state index in [4.69, 9.17) is 17.3 Å². The number of thiophene rings is 1. The molecular weight excluding hydrogens is 514 g/mol. The van der Waals surface area contributed by atoms with Crippen molar-refractivity contribution in [3.63, 3.8) is 0 Å². The van der Waals surface area contributed by atoms with Crippen LogP contribution in [-0.4, -0.2) is 26.0 Å². The van der Waals surface area contributed by atoms with E-state index in [-0.39, 0.29) is 11.2 Å². The number of nitrogens with zero attached hydrogens (tertiary/aromatic N) is 6. The van der Waals surface area contributed by atoms with Gasteiger partial charge in [0, 0.05) is 46.1 Å². The van der Waals surface area contributed by atoms with Crippen LogP contribution in [0, 0.1) is 16.7 Å². The second-order valence-electron chi connectivity index (χ2n) is 9.69. The third-order valence-corrected chi connectivity index (χ3v) is 8.75. The molecule has 0 fully saturated rings. The molecule has 0 spiro atoms. The molecule has 1 aromatic carbocycles. The minimum Gasteiger partial charge on any atom is -0.384 e. The van der Waals surface area contributed by atoms with Crippen LogP contribution in [0.1, 0.15) is 43.0 Å². The summed E-state index contributed by atoms with van der Waals surface area (Å²) in [4.78, 5) is 16.4. The quantitative estimate of drug-likeness (QED) is 0.444. The number of hydrogen-bond acceptors (Lipinski definition) is 9. The zero-order valence-corrected chi connectivity index (χ0v) is 22.4.